The summed E-state index contributed by atoms with van der Waals surface area (Å²) in [5.74, 6) is 1.39. The predicted octanol–water partition coefficient (Wildman–Crippen LogP) is 3.46. The van der Waals surface area contributed by atoms with Crippen molar-refractivity contribution in [3.05, 3.63) is 35.5 Å². The Bertz CT molecular complexity index is 779. The van der Waals surface area contributed by atoms with E-state index in [0.29, 0.717) is 16.7 Å². The Kier molecular flexibility index (Phi) is 4.26. The molecule has 22 heavy (non-hydrogen) atoms. The number of amides is 1. The van der Waals surface area contributed by atoms with Crippen molar-refractivity contribution in [2.24, 2.45) is 0 Å². The minimum atomic E-state index is -0.154. The number of aromatic nitrogens is 3. The second kappa shape index (κ2) is 6.33. The average molecular weight is 337 g/mol. The molecule has 0 atom stereocenters. The van der Waals surface area contributed by atoms with Crippen LogP contribution in [0.1, 0.15) is 12.1 Å². The zero-order valence-corrected chi connectivity index (χ0v) is 13.3. The summed E-state index contributed by atoms with van der Waals surface area (Å²) in [6, 6.07) is 5.45. The molecule has 3 aromatic rings. The first-order valence-electron chi connectivity index (χ1n) is 6.59. The van der Waals surface area contributed by atoms with Gasteiger partial charge in [0.05, 0.1) is 12.0 Å². The van der Waals surface area contributed by atoms with Gasteiger partial charge in [-0.2, -0.15) is 9.78 Å². The number of thiazole rings is 1. The Morgan fingerprint density at radius 3 is 3.14 bits per heavy atom. The van der Waals surface area contributed by atoms with Gasteiger partial charge in [-0.3, -0.25) is 4.79 Å². The number of furan rings is 1. The lowest BCUT2D eigenvalue weighted by Gasteiger charge is -2.05. The summed E-state index contributed by atoms with van der Waals surface area (Å²) in [7, 11) is 0. The first-order chi connectivity index (χ1) is 10.7. The van der Waals surface area contributed by atoms with E-state index >= 15 is 0 Å². The lowest BCUT2D eigenvalue weighted by atomic mass is 10.4. The molecule has 0 saturated heterocycles. The van der Waals surface area contributed by atoms with Gasteiger partial charge in [0.15, 0.2) is 5.76 Å². The summed E-state index contributed by atoms with van der Waals surface area (Å²) >= 11 is 7.00. The van der Waals surface area contributed by atoms with Crippen molar-refractivity contribution in [3.8, 4) is 16.6 Å². The van der Waals surface area contributed by atoms with Crippen molar-refractivity contribution in [3.63, 3.8) is 0 Å². The Morgan fingerprint density at radius 2 is 2.41 bits per heavy atom. The molecule has 3 aromatic heterocycles. The molecule has 1 amide bonds. The highest BCUT2D eigenvalue weighted by Crippen LogP contribution is 2.26. The van der Waals surface area contributed by atoms with E-state index in [-0.39, 0.29) is 18.2 Å². The van der Waals surface area contributed by atoms with Gasteiger partial charge in [0.1, 0.15) is 11.5 Å². The number of hydrogen-bond donors (Lipinski definition) is 1. The average Bonchev–Trinajstić information content (AvgIpc) is 3.18. The molecule has 0 aliphatic rings. The maximum atomic E-state index is 11.7. The van der Waals surface area contributed by atoms with Crippen LogP contribution in [-0.4, -0.2) is 26.6 Å². The van der Waals surface area contributed by atoms with Gasteiger partial charge >= 0.3 is 0 Å². The van der Waals surface area contributed by atoms with E-state index in [1.54, 1.807) is 17.0 Å². The van der Waals surface area contributed by atoms with Crippen molar-refractivity contribution in [1.29, 1.82) is 0 Å². The van der Waals surface area contributed by atoms with E-state index in [0.717, 1.165) is 11.4 Å². The predicted molar refractivity (Wildman–Crippen MR) is 85.6 cm³/mol. The Hall–Kier alpha value is -2.12. The second-order valence-corrected chi connectivity index (χ2v) is 5.78. The number of hydrogen-bond acceptors (Lipinski definition) is 5. The van der Waals surface area contributed by atoms with Gasteiger partial charge in [-0.25, -0.2) is 4.98 Å². The van der Waals surface area contributed by atoms with E-state index in [9.17, 15) is 4.79 Å². The van der Waals surface area contributed by atoms with Gasteiger partial charge in [-0.05, 0) is 19.1 Å². The van der Waals surface area contributed by atoms with Gasteiger partial charge in [-0.15, -0.1) is 22.9 Å². The lowest BCUT2D eigenvalue weighted by molar-refractivity contribution is -0.115. The third-order valence-electron chi connectivity index (χ3n) is 2.87. The Labute approximate surface area is 135 Å². The quantitative estimate of drug-likeness (QED) is 0.724. The standard InChI is InChI=1S/C14H13ClN4O2S/c1-9-7-12(17-13(20)4-5-15)19(18-9)14-16-10(8-22-14)11-3-2-6-21-11/h2-3,6-8H,4-5H2,1H3,(H,17,20). The van der Waals surface area contributed by atoms with E-state index in [2.05, 4.69) is 15.4 Å². The van der Waals surface area contributed by atoms with Crippen LogP contribution in [0, 0.1) is 6.92 Å². The molecule has 1 N–H and O–H groups in total. The van der Waals surface area contributed by atoms with E-state index < -0.39 is 0 Å². The number of anilines is 1. The van der Waals surface area contributed by atoms with Crippen LogP contribution in [0.5, 0.6) is 0 Å². The smallest absolute Gasteiger partial charge is 0.226 e. The highest BCUT2D eigenvalue weighted by atomic mass is 35.5. The van der Waals surface area contributed by atoms with Crippen molar-refractivity contribution < 1.29 is 9.21 Å². The second-order valence-electron chi connectivity index (χ2n) is 4.56. The molecule has 3 heterocycles. The maximum absolute atomic E-state index is 11.7. The van der Waals surface area contributed by atoms with Crippen molar-refractivity contribution >= 4 is 34.7 Å². The molecule has 3 rings (SSSR count). The fraction of sp³-hybridized carbons (Fsp3) is 0.214. The molecule has 0 fully saturated rings. The van der Waals surface area contributed by atoms with Gasteiger partial charge in [-0.1, -0.05) is 0 Å². The molecule has 0 unspecified atom stereocenters. The molecule has 0 radical (unpaired) electrons. The van der Waals surface area contributed by atoms with E-state index in [1.165, 1.54) is 11.3 Å². The lowest BCUT2D eigenvalue weighted by Crippen LogP contribution is -2.15. The Morgan fingerprint density at radius 1 is 1.55 bits per heavy atom. The fourth-order valence-electron chi connectivity index (χ4n) is 1.92. The van der Waals surface area contributed by atoms with Crippen LogP contribution in [0.25, 0.3) is 16.6 Å². The van der Waals surface area contributed by atoms with Crippen LogP contribution in [0.2, 0.25) is 0 Å². The van der Waals surface area contributed by atoms with Gasteiger partial charge in [0.25, 0.3) is 0 Å². The van der Waals surface area contributed by atoms with Crippen LogP contribution in [0.3, 0.4) is 0 Å². The van der Waals surface area contributed by atoms with Gasteiger partial charge < -0.3 is 9.73 Å². The first-order valence-corrected chi connectivity index (χ1v) is 8.01. The summed E-state index contributed by atoms with van der Waals surface area (Å²) in [5, 5.41) is 9.71. The molecule has 114 valence electrons. The molecule has 0 spiro atoms. The number of nitrogens with zero attached hydrogens (tertiary/aromatic N) is 3. The van der Waals surface area contributed by atoms with Crippen LogP contribution in [0.15, 0.2) is 34.3 Å². The maximum Gasteiger partial charge on any atom is 0.226 e. The molecule has 0 aromatic carbocycles. The molecule has 6 nitrogen and oxygen atoms in total. The van der Waals surface area contributed by atoms with Crippen LogP contribution in [-0.2, 0) is 4.79 Å². The number of carbonyl (C=O) groups is 1. The van der Waals surface area contributed by atoms with Crippen LogP contribution < -0.4 is 5.32 Å². The Balaban J connectivity index is 1.90. The zero-order valence-electron chi connectivity index (χ0n) is 11.7. The third kappa shape index (κ3) is 3.05. The summed E-state index contributed by atoms with van der Waals surface area (Å²) in [6.07, 6.45) is 1.85. The summed E-state index contributed by atoms with van der Waals surface area (Å²) in [4.78, 5) is 16.2. The number of rotatable bonds is 5. The van der Waals surface area contributed by atoms with Crippen molar-refractivity contribution in [2.75, 3.05) is 11.2 Å². The minimum Gasteiger partial charge on any atom is -0.463 e. The van der Waals surface area contributed by atoms with E-state index in [4.69, 9.17) is 16.0 Å². The normalized spacial score (nSPS) is 10.8. The molecule has 0 aliphatic carbocycles. The SMILES string of the molecule is Cc1cc(NC(=O)CCCl)n(-c2nc(-c3ccco3)cs2)n1. The molecule has 8 heteroatoms. The van der Waals surface area contributed by atoms with Crippen LogP contribution >= 0.6 is 22.9 Å². The van der Waals surface area contributed by atoms with Gasteiger partial charge in [0.2, 0.25) is 11.0 Å². The number of aryl methyl sites for hydroxylation is 1. The summed E-state index contributed by atoms with van der Waals surface area (Å²) in [6.45, 7) is 1.86. The fourth-order valence-corrected chi connectivity index (χ4v) is 2.87. The largest absolute Gasteiger partial charge is 0.463 e. The highest BCUT2D eigenvalue weighted by molar-refractivity contribution is 7.12. The molecule has 0 aliphatic heterocycles. The molecule has 0 bridgehead atoms. The topological polar surface area (TPSA) is 73.0 Å². The number of halogens is 1. The van der Waals surface area contributed by atoms with Crippen molar-refractivity contribution in [1.82, 2.24) is 14.8 Å². The summed E-state index contributed by atoms with van der Waals surface area (Å²) < 4.78 is 6.94. The number of carbonyl (C=O) groups excluding carboxylic acids is 1. The molecular formula is C14H13ClN4O2S. The third-order valence-corrected chi connectivity index (χ3v) is 3.87. The minimum absolute atomic E-state index is 0.154. The summed E-state index contributed by atoms with van der Waals surface area (Å²) in [5.41, 5.74) is 1.52. The zero-order chi connectivity index (χ0) is 15.5. The van der Waals surface area contributed by atoms with E-state index in [1.807, 2.05) is 24.4 Å². The van der Waals surface area contributed by atoms with Gasteiger partial charge in [0, 0.05) is 23.7 Å². The van der Waals surface area contributed by atoms with Crippen molar-refractivity contribution in [2.45, 2.75) is 13.3 Å². The monoisotopic (exact) mass is 336 g/mol. The molecular weight excluding hydrogens is 324 g/mol. The molecule has 0 saturated carbocycles. The first kappa shape index (κ1) is 14.8. The number of nitrogens with one attached hydrogen (secondary N) is 1. The van der Waals surface area contributed by atoms with Crippen LogP contribution in [0.4, 0.5) is 5.82 Å². The number of alkyl halides is 1. The highest BCUT2D eigenvalue weighted by Gasteiger charge is 2.14.